The van der Waals surface area contributed by atoms with E-state index < -0.39 is 0 Å². The average Bonchev–Trinajstić information content (AvgIpc) is 3.46. The zero-order chi connectivity index (χ0) is 19.0. The van der Waals surface area contributed by atoms with Crippen LogP contribution in [0, 0.1) is 5.92 Å². The summed E-state index contributed by atoms with van der Waals surface area (Å²) in [6.45, 7) is 4.45. The van der Waals surface area contributed by atoms with Gasteiger partial charge in [0.05, 0.1) is 23.3 Å². The number of halogens is 1. The van der Waals surface area contributed by atoms with Crippen LogP contribution < -0.4 is 4.74 Å². The van der Waals surface area contributed by atoms with Crippen molar-refractivity contribution >= 4 is 22.6 Å². The summed E-state index contributed by atoms with van der Waals surface area (Å²) in [6.07, 6.45) is 7.84. The molecule has 1 atom stereocenters. The molecular weight excluding hydrogens is 358 g/mol. The molecule has 3 aromatic rings. The number of aromatic nitrogens is 3. The van der Waals surface area contributed by atoms with Crippen molar-refractivity contribution in [3.63, 3.8) is 0 Å². The molecule has 0 radical (unpaired) electrons. The summed E-state index contributed by atoms with van der Waals surface area (Å²) in [5, 5.41) is 0.634. The molecule has 2 heterocycles. The molecule has 142 valence electrons. The molecule has 0 N–H and O–H groups in total. The highest BCUT2D eigenvalue weighted by Crippen LogP contribution is 2.45. The molecule has 5 heteroatoms. The molecule has 1 saturated carbocycles. The smallest absolute Gasteiger partial charge is 0.120 e. The number of fused-ring (bicyclic) bond motifs is 1. The van der Waals surface area contributed by atoms with Gasteiger partial charge in [-0.05, 0) is 49.4 Å². The van der Waals surface area contributed by atoms with Gasteiger partial charge in [-0.3, -0.25) is 4.98 Å². The maximum atomic E-state index is 6.54. The number of benzene rings is 1. The largest absolute Gasteiger partial charge is 0.497 e. The van der Waals surface area contributed by atoms with E-state index in [9.17, 15) is 0 Å². The van der Waals surface area contributed by atoms with E-state index in [4.69, 9.17) is 21.3 Å². The highest BCUT2D eigenvalue weighted by Gasteiger charge is 2.34. The molecule has 1 fully saturated rings. The van der Waals surface area contributed by atoms with Gasteiger partial charge in [-0.15, -0.1) is 0 Å². The third-order valence-corrected chi connectivity index (χ3v) is 5.82. The molecule has 1 aliphatic carbocycles. The Morgan fingerprint density at radius 2 is 2.07 bits per heavy atom. The second-order valence-corrected chi connectivity index (χ2v) is 7.73. The van der Waals surface area contributed by atoms with Gasteiger partial charge in [-0.1, -0.05) is 31.9 Å². The second kappa shape index (κ2) is 7.51. The Hall–Kier alpha value is -2.07. The Morgan fingerprint density at radius 1 is 1.26 bits per heavy atom. The maximum absolute atomic E-state index is 6.54. The van der Waals surface area contributed by atoms with E-state index in [-0.39, 0.29) is 0 Å². The first-order chi connectivity index (χ1) is 13.2. The van der Waals surface area contributed by atoms with Crippen molar-refractivity contribution < 1.29 is 4.74 Å². The van der Waals surface area contributed by atoms with E-state index >= 15 is 0 Å². The lowest BCUT2D eigenvalue weighted by Crippen LogP contribution is -2.14. The Labute approximate surface area is 165 Å². The minimum atomic E-state index is 0.538. The fourth-order valence-corrected chi connectivity index (χ4v) is 4.31. The van der Waals surface area contributed by atoms with Gasteiger partial charge in [0.15, 0.2) is 0 Å². The van der Waals surface area contributed by atoms with E-state index in [1.54, 1.807) is 7.11 Å². The van der Waals surface area contributed by atoms with E-state index in [0.29, 0.717) is 11.1 Å². The van der Waals surface area contributed by atoms with Gasteiger partial charge in [-0.25, -0.2) is 4.98 Å². The number of pyridine rings is 1. The van der Waals surface area contributed by atoms with Crippen LogP contribution in [0.1, 0.15) is 51.4 Å². The zero-order valence-corrected chi connectivity index (χ0v) is 17.0. The summed E-state index contributed by atoms with van der Waals surface area (Å²) in [7, 11) is 1.64. The minimum Gasteiger partial charge on any atom is -0.497 e. The van der Waals surface area contributed by atoms with Crippen molar-refractivity contribution in [2.45, 2.75) is 52.0 Å². The quantitative estimate of drug-likeness (QED) is 0.496. The van der Waals surface area contributed by atoms with Crippen LogP contribution in [0.15, 0.2) is 30.5 Å². The van der Waals surface area contributed by atoms with Crippen molar-refractivity contribution in [2.75, 3.05) is 7.11 Å². The summed E-state index contributed by atoms with van der Waals surface area (Å²) in [5.41, 5.74) is 3.87. The van der Waals surface area contributed by atoms with Crippen molar-refractivity contribution in [1.29, 1.82) is 0 Å². The van der Waals surface area contributed by atoms with Crippen molar-refractivity contribution in [3.8, 4) is 17.0 Å². The monoisotopic (exact) mass is 383 g/mol. The zero-order valence-electron chi connectivity index (χ0n) is 16.2. The van der Waals surface area contributed by atoms with Crippen molar-refractivity contribution in [1.82, 2.24) is 14.5 Å². The molecule has 0 saturated heterocycles. The Bertz CT molecular complexity index is 962. The number of rotatable bonds is 7. The number of aryl methyl sites for hydroxylation is 1. The van der Waals surface area contributed by atoms with Crippen LogP contribution in [0.25, 0.3) is 22.3 Å². The number of ether oxygens (including phenoxy) is 1. The van der Waals surface area contributed by atoms with Crippen LogP contribution >= 0.6 is 11.6 Å². The molecule has 0 aliphatic heterocycles. The van der Waals surface area contributed by atoms with Crippen molar-refractivity contribution in [2.24, 2.45) is 5.92 Å². The molecule has 2 aromatic heterocycles. The van der Waals surface area contributed by atoms with E-state index in [1.807, 2.05) is 24.4 Å². The number of hydrogen-bond donors (Lipinski definition) is 0. The predicted octanol–water partition coefficient (Wildman–Crippen LogP) is 6.07. The highest BCUT2D eigenvalue weighted by molar-refractivity contribution is 6.33. The minimum absolute atomic E-state index is 0.538. The third kappa shape index (κ3) is 3.31. The normalized spacial score (nSPS) is 15.3. The second-order valence-electron chi connectivity index (χ2n) is 7.32. The molecule has 1 aromatic carbocycles. The van der Waals surface area contributed by atoms with Gasteiger partial charge in [0, 0.05) is 24.2 Å². The number of imidazole rings is 1. The lowest BCUT2D eigenvalue weighted by atomic mass is 10.1. The first-order valence-electron chi connectivity index (χ1n) is 9.87. The molecule has 0 spiro atoms. The van der Waals surface area contributed by atoms with E-state index in [2.05, 4.69) is 29.5 Å². The van der Waals surface area contributed by atoms with Crippen LogP contribution in [0.2, 0.25) is 5.02 Å². The Kier molecular flexibility index (Phi) is 5.09. The lowest BCUT2D eigenvalue weighted by Gasteiger charge is -2.21. The van der Waals surface area contributed by atoms with E-state index in [0.717, 1.165) is 40.7 Å². The molecule has 4 nitrogen and oxygen atoms in total. The van der Waals surface area contributed by atoms with E-state index in [1.165, 1.54) is 31.2 Å². The fraction of sp³-hybridized carbons (Fsp3) is 0.455. The number of hydrogen-bond acceptors (Lipinski definition) is 3. The third-order valence-electron chi connectivity index (χ3n) is 5.51. The number of methoxy groups -OCH3 is 1. The fourth-order valence-electron chi connectivity index (χ4n) is 4.05. The molecule has 0 amide bonds. The van der Waals surface area contributed by atoms with Gasteiger partial charge < -0.3 is 9.30 Å². The van der Waals surface area contributed by atoms with Gasteiger partial charge in [0.25, 0.3) is 0 Å². The first kappa shape index (κ1) is 18.3. The van der Waals surface area contributed by atoms with Gasteiger partial charge >= 0.3 is 0 Å². The van der Waals surface area contributed by atoms with Gasteiger partial charge in [0.2, 0.25) is 0 Å². The topological polar surface area (TPSA) is 39.9 Å². The Balaban J connectivity index is 1.89. The standard InChI is InChI=1S/C22H26ClN3O/c1-4-6-18(14-7-8-14)26-19-11-12-24-21(22(19)25-20(26)5-2)16-10-9-15(27-3)13-17(16)23/h9-14,18H,4-8H2,1-3H3. The molecule has 27 heavy (non-hydrogen) atoms. The van der Waals surface area contributed by atoms with Crippen LogP contribution in [-0.2, 0) is 6.42 Å². The average molecular weight is 384 g/mol. The summed E-state index contributed by atoms with van der Waals surface area (Å²) < 4.78 is 7.77. The molecule has 1 aliphatic rings. The molecular formula is C22H26ClN3O. The van der Waals surface area contributed by atoms with Crippen LogP contribution in [-0.4, -0.2) is 21.6 Å². The summed E-state index contributed by atoms with van der Waals surface area (Å²) in [4.78, 5) is 9.66. The number of nitrogens with zero attached hydrogens (tertiary/aromatic N) is 3. The summed E-state index contributed by atoms with van der Waals surface area (Å²) in [6, 6.07) is 8.37. The first-order valence-corrected chi connectivity index (χ1v) is 10.2. The van der Waals surface area contributed by atoms with Crippen LogP contribution in [0.3, 0.4) is 0 Å². The van der Waals surface area contributed by atoms with Gasteiger partial charge in [-0.2, -0.15) is 0 Å². The molecule has 1 unspecified atom stereocenters. The van der Waals surface area contributed by atoms with Crippen molar-refractivity contribution in [3.05, 3.63) is 41.3 Å². The van der Waals surface area contributed by atoms with Crippen LogP contribution in [0.4, 0.5) is 0 Å². The summed E-state index contributed by atoms with van der Waals surface area (Å²) in [5.74, 6) is 2.68. The van der Waals surface area contributed by atoms with Gasteiger partial charge in [0.1, 0.15) is 17.1 Å². The maximum Gasteiger partial charge on any atom is 0.120 e. The van der Waals surface area contributed by atoms with Crippen LogP contribution in [0.5, 0.6) is 5.75 Å². The predicted molar refractivity (Wildman–Crippen MR) is 111 cm³/mol. The Morgan fingerprint density at radius 3 is 2.70 bits per heavy atom. The summed E-state index contributed by atoms with van der Waals surface area (Å²) >= 11 is 6.54. The molecule has 0 bridgehead atoms. The highest BCUT2D eigenvalue weighted by atomic mass is 35.5. The SMILES string of the molecule is CCCC(C1CC1)n1c(CC)nc2c(-c3ccc(OC)cc3Cl)nccc21. The molecule has 4 rings (SSSR count). The lowest BCUT2D eigenvalue weighted by molar-refractivity contribution is 0.409.